The Morgan fingerprint density at radius 2 is 2.05 bits per heavy atom. The molecule has 1 aliphatic carbocycles. The first-order chi connectivity index (χ1) is 9.06. The molecule has 0 radical (unpaired) electrons. The molecule has 0 aromatic heterocycles. The highest BCUT2D eigenvalue weighted by Crippen LogP contribution is 2.24. The number of anilines is 1. The molecule has 0 spiro atoms. The van der Waals surface area contributed by atoms with E-state index < -0.39 is 12.0 Å². The molecule has 1 amide bonds. The van der Waals surface area contributed by atoms with Crippen molar-refractivity contribution in [2.75, 3.05) is 11.9 Å². The summed E-state index contributed by atoms with van der Waals surface area (Å²) in [6.45, 7) is 1.50. The first kappa shape index (κ1) is 13.5. The summed E-state index contributed by atoms with van der Waals surface area (Å²) in [4.78, 5) is 22.3. The molecule has 0 saturated heterocycles. The SMILES string of the molecule is C[C@H](NCC(=O)Nc1ccc2c(c1)CCC2)C(=O)O. The van der Waals surface area contributed by atoms with E-state index in [9.17, 15) is 9.59 Å². The van der Waals surface area contributed by atoms with Gasteiger partial charge in [0.05, 0.1) is 6.54 Å². The van der Waals surface area contributed by atoms with Crippen molar-refractivity contribution in [2.24, 2.45) is 0 Å². The molecule has 2 rings (SSSR count). The molecule has 1 atom stereocenters. The number of hydrogen-bond donors (Lipinski definition) is 3. The number of hydrogen-bond acceptors (Lipinski definition) is 3. The summed E-state index contributed by atoms with van der Waals surface area (Å²) in [5, 5.41) is 14.1. The Hall–Kier alpha value is -1.88. The van der Waals surface area contributed by atoms with Crippen LogP contribution in [0.15, 0.2) is 18.2 Å². The lowest BCUT2D eigenvalue weighted by Gasteiger charge is -2.10. The van der Waals surface area contributed by atoms with Gasteiger partial charge >= 0.3 is 5.97 Å². The molecular formula is C14H18N2O3. The normalized spacial score (nSPS) is 14.8. The fourth-order valence-corrected chi connectivity index (χ4v) is 2.19. The zero-order valence-electron chi connectivity index (χ0n) is 10.9. The van der Waals surface area contributed by atoms with Gasteiger partial charge in [0, 0.05) is 5.69 Å². The number of aryl methyl sites for hydroxylation is 2. The molecule has 0 bridgehead atoms. The van der Waals surface area contributed by atoms with Crippen molar-refractivity contribution in [1.82, 2.24) is 5.32 Å². The largest absolute Gasteiger partial charge is 0.480 e. The van der Waals surface area contributed by atoms with Gasteiger partial charge in [0.2, 0.25) is 5.91 Å². The molecule has 1 aromatic carbocycles. The minimum absolute atomic E-state index is 0.00937. The third-order valence-electron chi connectivity index (χ3n) is 3.32. The van der Waals surface area contributed by atoms with Gasteiger partial charge in [-0.1, -0.05) is 6.07 Å². The molecule has 1 aromatic rings. The third-order valence-corrected chi connectivity index (χ3v) is 3.32. The minimum Gasteiger partial charge on any atom is -0.480 e. The molecule has 5 nitrogen and oxygen atoms in total. The van der Waals surface area contributed by atoms with Crippen LogP contribution in [-0.4, -0.2) is 29.6 Å². The van der Waals surface area contributed by atoms with E-state index in [1.165, 1.54) is 24.5 Å². The standard InChI is InChI=1S/C14H18N2O3/c1-9(14(18)19)15-8-13(17)16-12-6-5-10-3-2-4-11(10)7-12/h5-7,9,15H,2-4,8H2,1H3,(H,16,17)(H,18,19)/t9-/m0/s1. The summed E-state index contributed by atoms with van der Waals surface area (Å²) < 4.78 is 0. The number of carbonyl (C=O) groups excluding carboxylic acids is 1. The quantitative estimate of drug-likeness (QED) is 0.744. The predicted molar refractivity (Wildman–Crippen MR) is 72.2 cm³/mol. The molecule has 3 N–H and O–H groups in total. The zero-order chi connectivity index (χ0) is 13.8. The number of aliphatic carboxylic acids is 1. The topological polar surface area (TPSA) is 78.4 Å². The summed E-state index contributed by atoms with van der Waals surface area (Å²) in [5.74, 6) is -1.20. The van der Waals surface area contributed by atoms with Crippen LogP contribution in [0.5, 0.6) is 0 Å². The molecule has 0 fully saturated rings. The lowest BCUT2D eigenvalue weighted by molar-refractivity contribution is -0.139. The summed E-state index contributed by atoms with van der Waals surface area (Å²) in [7, 11) is 0. The van der Waals surface area contributed by atoms with Crippen LogP contribution in [0, 0.1) is 0 Å². The molecule has 0 saturated carbocycles. The van der Waals surface area contributed by atoms with Crippen LogP contribution < -0.4 is 10.6 Å². The highest BCUT2D eigenvalue weighted by Gasteiger charge is 2.13. The zero-order valence-corrected chi connectivity index (χ0v) is 10.9. The lowest BCUT2D eigenvalue weighted by Crippen LogP contribution is -2.39. The summed E-state index contributed by atoms with van der Waals surface area (Å²) in [5.41, 5.74) is 3.43. The van der Waals surface area contributed by atoms with E-state index in [1.54, 1.807) is 0 Å². The summed E-state index contributed by atoms with van der Waals surface area (Å²) in [6.07, 6.45) is 3.35. The Labute approximate surface area is 112 Å². The average Bonchev–Trinajstić information content (AvgIpc) is 2.83. The van der Waals surface area contributed by atoms with Crippen molar-refractivity contribution in [1.29, 1.82) is 0 Å². The molecule has 19 heavy (non-hydrogen) atoms. The number of carbonyl (C=O) groups is 2. The average molecular weight is 262 g/mol. The monoisotopic (exact) mass is 262 g/mol. The fourth-order valence-electron chi connectivity index (χ4n) is 2.19. The van der Waals surface area contributed by atoms with E-state index in [4.69, 9.17) is 5.11 Å². The van der Waals surface area contributed by atoms with E-state index in [0.29, 0.717) is 0 Å². The van der Waals surface area contributed by atoms with E-state index in [2.05, 4.69) is 10.6 Å². The van der Waals surface area contributed by atoms with Crippen molar-refractivity contribution in [3.8, 4) is 0 Å². The second-order valence-electron chi connectivity index (χ2n) is 4.83. The van der Waals surface area contributed by atoms with Gasteiger partial charge in [0.1, 0.15) is 6.04 Å². The first-order valence-electron chi connectivity index (χ1n) is 6.44. The second kappa shape index (κ2) is 5.84. The van der Waals surface area contributed by atoms with E-state index in [-0.39, 0.29) is 12.5 Å². The highest BCUT2D eigenvalue weighted by atomic mass is 16.4. The third kappa shape index (κ3) is 3.54. The first-order valence-corrected chi connectivity index (χ1v) is 6.44. The second-order valence-corrected chi connectivity index (χ2v) is 4.83. The van der Waals surface area contributed by atoms with Gasteiger partial charge in [0.25, 0.3) is 0 Å². The van der Waals surface area contributed by atoms with E-state index in [1.807, 2.05) is 18.2 Å². The molecule has 1 aliphatic rings. The Balaban J connectivity index is 1.87. The van der Waals surface area contributed by atoms with Crippen LogP contribution in [0.1, 0.15) is 24.5 Å². The van der Waals surface area contributed by atoms with Crippen molar-refractivity contribution in [2.45, 2.75) is 32.2 Å². The maximum Gasteiger partial charge on any atom is 0.320 e. The van der Waals surface area contributed by atoms with Crippen molar-refractivity contribution < 1.29 is 14.7 Å². The fraction of sp³-hybridized carbons (Fsp3) is 0.429. The highest BCUT2D eigenvalue weighted by molar-refractivity contribution is 5.92. The smallest absolute Gasteiger partial charge is 0.320 e. The van der Waals surface area contributed by atoms with Gasteiger partial charge in [-0.15, -0.1) is 0 Å². The molecule has 102 valence electrons. The number of benzene rings is 1. The number of nitrogens with one attached hydrogen (secondary N) is 2. The van der Waals surface area contributed by atoms with Crippen LogP contribution in [0.3, 0.4) is 0 Å². The minimum atomic E-state index is -0.967. The van der Waals surface area contributed by atoms with Gasteiger partial charge in [-0.2, -0.15) is 0 Å². The Morgan fingerprint density at radius 3 is 2.79 bits per heavy atom. The Morgan fingerprint density at radius 1 is 1.32 bits per heavy atom. The van der Waals surface area contributed by atoms with Crippen LogP contribution in [0.25, 0.3) is 0 Å². The van der Waals surface area contributed by atoms with Gasteiger partial charge in [-0.3, -0.25) is 14.9 Å². The molecule has 0 unspecified atom stereocenters. The van der Waals surface area contributed by atoms with Crippen LogP contribution in [0.2, 0.25) is 0 Å². The Kier molecular flexibility index (Phi) is 4.16. The van der Waals surface area contributed by atoms with E-state index >= 15 is 0 Å². The van der Waals surface area contributed by atoms with Crippen LogP contribution in [0.4, 0.5) is 5.69 Å². The van der Waals surface area contributed by atoms with Gasteiger partial charge in [-0.05, 0) is 49.4 Å². The maximum atomic E-state index is 11.7. The molecular weight excluding hydrogens is 244 g/mol. The van der Waals surface area contributed by atoms with E-state index in [0.717, 1.165) is 18.5 Å². The van der Waals surface area contributed by atoms with Crippen molar-refractivity contribution >= 4 is 17.6 Å². The van der Waals surface area contributed by atoms with Crippen molar-refractivity contribution in [3.63, 3.8) is 0 Å². The Bertz CT molecular complexity index is 499. The van der Waals surface area contributed by atoms with Crippen molar-refractivity contribution in [3.05, 3.63) is 29.3 Å². The molecule has 0 aliphatic heterocycles. The number of rotatable bonds is 5. The molecule has 0 heterocycles. The summed E-state index contributed by atoms with van der Waals surface area (Å²) >= 11 is 0. The summed E-state index contributed by atoms with van der Waals surface area (Å²) in [6, 6.07) is 5.21. The number of amides is 1. The van der Waals surface area contributed by atoms with Crippen LogP contribution in [-0.2, 0) is 22.4 Å². The number of fused-ring (bicyclic) bond motifs is 1. The predicted octanol–water partition coefficient (Wildman–Crippen LogP) is 1.18. The van der Waals surface area contributed by atoms with Gasteiger partial charge in [-0.25, -0.2) is 0 Å². The number of carboxylic acid groups (broad SMARTS) is 1. The lowest BCUT2D eigenvalue weighted by atomic mass is 10.1. The maximum absolute atomic E-state index is 11.7. The molecule has 5 heteroatoms. The number of carboxylic acids is 1. The van der Waals surface area contributed by atoms with Gasteiger partial charge < -0.3 is 10.4 Å². The van der Waals surface area contributed by atoms with Crippen LogP contribution >= 0.6 is 0 Å². The van der Waals surface area contributed by atoms with Gasteiger partial charge in [0.15, 0.2) is 0 Å².